The van der Waals surface area contributed by atoms with E-state index in [0.717, 1.165) is 24.0 Å². The summed E-state index contributed by atoms with van der Waals surface area (Å²) in [6.45, 7) is 0. The quantitative estimate of drug-likeness (QED) is 0.654. The lowest BCUT2D eigenvalue weighted by molar-refractivity contribution is 0.0982. The van der Waals surface area contributed by atoms with Crippen LogP contribution in [0.3, 0.4) is 0 Å². The minimum Gasteiger partial charge on any atom is -0.383 e. The first kappa shape index (κ1) is 13.9. The van der Waals surface area contributed by atoms with Gasteiger partial charge in [-0.1, -0.05) is 36.0 Å². The van der Waals surface area contributed by atoms with E-state index >= 15 is 0 Å². The Labute approximate surface area is 127 Å². The lowest BCUT2D eigenvalue weighted by atomic mass is 10.0. The Balaban J connectivity index is 1.94. The van der Waals surface area contributed by atoms with Crippen LogP contribution < -0.4 is 11.5 Å². The third-order valence-corrected chi connectivity index (χ3v) is 4.64. The monoisotopic (exact) mass is 300 g/mol. The summed E-state index contributed by atoms with van der Waals surface area (Å²) in [4.78, 5) is 20.6. The van der Waals surface area contributed by atoms with Crippen molar-refractivity contribution in [1.29, 1.82) is 0 Å². The molecule has 1 unspecified atom stereocenters. The molecule has 108 valence electrons. The van der Waals surface area contributed by atoms with Crippen LogP contribution in [-0.4, -0.2) is 15.8 Å². The molecule has 0 saturated heterocycles. The molecule has 6 heteroatoms. The Morgan fingerprint density at radius 2 is 1.86 bits per heavy atom. The van der Waals surface area contributed by atoms with E-state index in [9.17, 15) is 4.79 Å². The van der Waals surface area contributed by atoms with Crippen LogP contribution in [0.4, 0.5) is 11.6 Å². The molecule has 0 saturated carbocycles. The molecule has 0 amide bonds. The first-order valence-corrected chi connectivity index (χ1v) is 7.70. The fraction of sp³-hybridized carbons (Fsp3) is 0.267. The van der Waals surface area contributed by atoms with Gasteiger partial charge in [0.2, 0.25) is 0 Å². The Hall–Kier alpha value is -2.08. The van der Waals surface area contributed by atoms with Gasteiger partial charge >= 0.3 is 0 Å². The maximum Gasteiger partial charge on any atom is 0.192 e. The molecule has 0 radical (unpaired) electrons. The predicted molar refractivity (Wildman–Crippen MR) is 84.1 cm³/mol. The van der Waals surface area contributed by atoms with Crippen molar-refractivity contribution in [2.24, 2.45) is 0 Å². The highest BCUT2D eigenvalue weighted by Gasteiger charge is 2.24. The molecule has 4 N–H and O–H groups in total. The molecule has 3 rings (SSSR count). The molecule has 21 heavy (non-hydrogen) atoms. The molecule has 2 aromatic rings. The first-order valence-electron chi connectivity index (χ1n) is 6.82. The van der Waals surface area contributed by atoms with Gasteiger partial charge in [-0.15, -0.1) is 0 Å². The number of thioether (sulfide) groups is 1. The number of anilines is 2. The van der Waals surface area contributed by atoms with Crippen LogP contribution >= 0.6 is 11.8 Å². The smallest absolute Gasteiger partial charge is 0.192 e. The molecule has 1 atom stereocenters. The summed E-state index contributed by atoms with van der Waals surface area (Å²) in [5, 5.41) is 0.704. The summed E-state index contributed by atoms with van der Waals surface area (Å²) in [5.74, 6) is 0.938. The van der Waals surface area contributed by atoms with Crippen molar-refractivity contribution in [2.45, 2.75) is 29.7 Å². The number of aromatic nitrogens is 2. The van der Waals surface area contributed by atoms with Crippen molar-refractivity contribution in [3.63, 3.8) is 0 Å². The number of hydrogen-bond acceptors (Lipinski definition) is 6. The molecule has 1 aromatic heterocycles. The largest absolute Gasteiger partial charge is 0.383 e. The lowest BCUT2D eigenvalue weighted by Crippen LogP contribution is -2.03. The van der Waals surface area contributed by atoms with Gasteiger partial charge in [-0.05, 0) is 18.4 Å². The summed E-state index contributed by atoms with van der Waals surface area (Å²) in [7, 11) is 0. The second-order valence-corrected chi connectivity index (χ2v) is 6.18. The number of rotatable bonds is 2. The fourth-order valence-electron chi connectivity index (χ4n) is 2.53. The molecule has 1 heterocycles. The zero-order valence-electron chi connectivity index (χ0n) is 11.5. The van der Waals surface area contributed by atoms with E-state index < -0.39 is 0 Å². The van der Waals surface area contributed by atoms with Crippen LogP contribution in [0.5, 0.6) is 0 Å². The van der Waals surface area contributed by atoms with Crippen LogP contribution in [0, 0.1) is 0 Å². The molecule has 0 fully saturated rings. The Morgan fingerprint density at radius 1 is 1.14 bits per heavy atom. The normalized spacial score (nSPS) is 18.1. The van der Waals surface area contributed by atoms with Crippen LogP contribution in [-0.2, 0) is 0 Å². The highest BCUT2D eigenvalue weighted by Crippen LogP contribution is 2.41. The van der Waals surface area contributed by atoms with Gasteiger partial charge < -0.3 is 11.5 Å². The summed E-state index contributed by atoms with van der Waals surface area (Å²) in [5.41, 5.74) is 13.3. The van der Waals surface area contributed by atoms with E-state index in [1.807, 2.05) is 24.3 Å². The van der Waals surface area contributed by atoms with E-state index in [1.54, 1.807) is 0 Å². The van der Waals surface area contributed by atoms with Gasteiger partial charge in [0.15, 0.2) is 10.9 Å². The number of Topliss-reactive ketones (excluding diaryl/α,β-unsaturated/α-hetero) is 1. The lowest BCUT2D eigenvalue weighted by Gasteiger charge is -2.15. The number of ketones is 1. The van der Waals surface area contributed by atoms with Crippen LogP contribution in [0.1, 0.15) is 40.4 Å². The van der Waals surface area contributed by atoms with Crippen LogP contribution in [0.15, 0.2) is 35.5 Å². The number of hydrogen-bond donors (Lipinski definition) is 2. The molecule has 1 aliphatic carbocycles. The molecule has 5 nitrogen and oxygen atoms in total. The second kappa shape index (κ2) is 5.73. The predicted octanol–water partition coefficient (Wildman–Crippen LogP) is 2.84. The van der Waals surface area contributed by atoms with Gasteiger partial charge in [0.1, 0.15) is 11.6 Å². The zero-order valence-corrected chi connectivity index (χ0v) is 12.3. The molecule has 0 aliphatic heterocycles. The number of carbonyl (C=O) groups excluding carboxylic acids is 1. The van der Waals surface area contributed by atoms with Crippen molar-refractivity contribution in [3.8, 4) is 0 Å². The SMILES string of the molecule is Nc1cc(N)nc(SC2CCCC(=O)c3ccccc32)n1. The minimum absolute atomic E-state index is 0.147. The van der Waals surface area contributed by atoms with Gasteiger partial charge in [0, 0.05) is 23.3 Å². The maximum absolute atomic E-state index is 12.1. The molecule has 1 aromatic carbocycles. The molecular formula is C15H16N4OS. The first-order chi connectivity index (χ1) is 10.1. The summed E-state index contributed by atoms with van der Waals surface area (Å²) in [6.07, 6.45) is 2.36. The Bertz CT molecular complexity index is 669. The van der Waals surface area contributed by atoms with Crippen LogP contribution in [0.2, 0.25) is 0 Å². The van der Waals surface area contributed by atoms with Gasteiger partial charge in [0.05, 0.1) is 0 Å². The standard InChI is InChI=1S/C15H16N4OS/c16-13-8-14(17)19-15(18-13)21-12-7-3-6-11(20)9-4-1-2-5-10(9)12/h1-2,4-5,8,12H,3,6-7H2,(H4,16,17,18,19). The van der Waals surface area contributed by atoms with E-state index in [2.05, 4.69) is 9.97 Å². The molecule has 0 bridgehead atoms. The van der Waals surface area contributed by atoms with E-state index in [0.29, 0.717) is 23.2 Å². The Morgan fingerprint density at radius 3 is 2.62 bits per heavy atom. The van der Waals surface area contributed by atoms with Crippen LogP contribution in [0.25, 0.3) is 0 Å². The summed E-state index contributed by atoms with van der Waals surface area (Å²) in [6, 6.07) is 9.30. The number of fused-ring (bicyclic) bond motifs is 1. The number of benzene rings is 1. The van der Waals surface area contributed by atoms with Gasteiger partial charge in [-0.3, -0.25) is 4.79 Å². The molecular weight excluding hydrogens is 284 g/mol. The van der Waals surface area contributed by atoms with Crippen molar-refractivity contribution < 1.29 is 4.79 Å². The third kappa shape index (κ3) is 3.00. The topological polar surface area (TPSA) is 94.9 Å². The van der Waals surface area contributed by atoms with E-state index in [4.69, 9.17) is 11.5 Å². The van der Waals surface area contributed by atoms with E-state index in [-0.39, 0.29) is 11.0 Å². The van der Waals surface area contributed by atoms with Gasteiger partial charge in [-0.25, -0.2) is 9.97 Å². The highest BCUT2D eigenvalue weighted by atomic mass is 32.2. The van der Waals surface area contributed by atoms with Gasteiger partial charge in [-0.2, -0.15) is 0 Å². The Kier molecular flexibility index (Phi) is 3.79. The van der Waals surface area contributed by atoms with Crippen molar-refractivity contribution in [3.05, 3.63) is 41.5 Å². The number of nitrogens with zero attached hydrogens (tertiary/aromatic N) is 2. The number of carbonyl (C=O) groups is 1. The molecule has 0 spiro atoms. The number of nitrogens with two attached hydrogens (primary N) is 2. The minimum atomic E-state index is 0.147. The molecule has 1 aliphatic rings. The average molecular weight is 300 g/mol. The highest BCUT2D eigenvalue weighted by molar-refractivity contribution is 7.99. The third-order valence-electron chi connectivity index (χ3n) is 3.47. The second-order valence-electron chi connectivity index (χ2n) is 5.01. The zero-order chi connectivity index (χ0) is 14.8. The maximum atomic E-state index is 12.1. The summed E-state index contributed by atoms with van der Waals surface area (Å²) >= 11 is 1.52. The average Bonchev–Trinajstić information content (AvgIpc) is 2.59. The fourth-order valence-corrected chi connectivity index (χ4v) is 3.72. The summed E-state index contributed by atoms with van der Waals surface area (Å²) < 4.78 is 0. The van der Waals surface area contributed by atoms with Crippen molar-refractivity contribution in [1.82, 2.24) is 9.97 Å². The van der Waals surface area contributed by atoms with E-state index in [1.165, 1.54) is 17.8 Å². The van der Waals surface area contributed by atoms with Crippen molar-refractivity contribution >= 4 is 29.2 Å². The number of nitrogen functional groups attached to an aromatic ring is 2. The van der Waals surface area contributed by atoms with Gasteiger partial charge in [0.25, 0.3) is 0 Å². The van der Waals surface area contributed by atoms with Crippen molar-refractivity contribution in [2.75, 3.05) is 11.5 Å².